The number of anilines is 2. The predicted molar refractivity (Wildman–Crippen MR) is 142 cm³/mol. The summed E-state index contributed by atoms with van der Waals surface area (Å²) in [4.78, 5) is 22.1. The molecular weight excluding hydrogens is 485 g/mol. The van der Waals surface area contributed by atoms with Crippen LogP contribution in [0.4, 0.5) is 15.8 Å². The molecule has 5 rings (SSSR count). The van der Waals surface area contributed by atoms with Gasteiger partial charge in [0.15, 0.2) is 0 Å². The maximum Gasteiger partial charge on any atom is 0.255 e. The van der Waals surface area contributed by atoms with E-state index in [1.54, 1.807) is 16.6 Å². The number of aromatic nitrogens is 3. The van der Waals surface area contributed by atoms with Gasteiger partial charge in [0, 0.05) is 23.2 Å². The van der Waals surface area contributed by atoms with Gasteiger partial charge in [-0.1, -0.05) is 6.07 Å². The lowest BCUT2D eigenvalue weighted by Gasteiger charge is -2.22. The molecule has 0 unspecified atom stereocenters. The zero-order chi connectivity index (χ0) is 27.0. The Hall–Kier alpha value is -4.62. The third kappa shape index (κ3) is 4.84. The highest BCUT2D eigenvalue weighted by molar-refractivity contribution is 6.03. The summed E-state index contributed by atoms with van der Waals surface area (Å²) in [5, 5.41) is 29.3. The van der Waals surface area contributed by atoms with Crippen molar-refractivity contribution in [3.63, 3.8) is 0 Å². The van der Waals surface area contributed by atoms with Crippen molar-refractivity contribution >= 4 is 28.5 Å². The van der Waals surface area contributed by atoms with E-state index in [9.17, 15) is 19.6 Å². The van der Waals surface area contributed by atoms with E-state index in [-0.39, 0.29) is 12.1 Å². The molecule has 0 radical (unpaired) electrons. The van der Waals surface area contributed by atoms with Gasteiger partial charge in [0.05, 0.1) is 58.6 Å². The smallest absolute Gasteiger partial charge is 0.255 e. The van der Waals surface area contributed by atoms with Crippen LogP contribution in [0.3, 0.4) is 0 Å². The quantitative estimate of drug-likeness (QED) is 0.342. The molecule has 4 heterocycles. The lowest BCUT2D eigenvalue weighted by Crippen LogP contribution is -2.42. The summed E-state index contributed by atoms with van der Waals surface area (Å²) in [5.74, 6) is -0.532. The molecule has 3 aromatic heterocycles. The van der Waals surface area contributed by atoms with Crippen molar-refractivity contribution in [1.29, 1.82) is 5.26 Å². The van der Waals surface area contributed by atoms with Crippen LogP contribution in [0.2, 0.25) is 0 Å². The summed E-state index contributed by atoms with van der Waals surface area (Å²) in [6.45, 7) is 4.90. The number of aliphatic hydroxyl groups is 1. The van der Waals surface area contributed by atoms with Crippen LogP contribution in [0, 0.1) is 11.3 Å². The Balaban J connectivity index is 1.51. The molecule has 1 amide bonds. The van der Waals surface area contributed by atoms with Crippen molar-refractivity contribution < 1.29 is 14.3 Å². The number of benzene rings is 1. The molecule has 0 bridgehead atoms. The Morgan fingerprint density at radius 1 is 1.24 bits per heavy atom. The number of fused-ring (bicyclic) bond motifs is 2. The number of hydrogen-bond acceptors (Lipinski definition) is 7. The highest BCUT2D eigenvalue weighted by Gasteiger charge is 2.27. The fourth-order valence-corrected chi connectivity index (χ4v) is 4.26. The third-order valence-corrected chi connectivity index (χ3v) is 6.51. The zero-order valence-electron chi connectivity index (χ0n) is 21.2. The molecular formula is C28H26FN7O2. The summed E-state index contributed by atoms with van der Waals surface area (Å²) in [5.41, 5.74) is 5.38. The van der Waals surface area contributed by atoms with Crippen LogP contribution in [0.25, 0.3) is 16.9 Å². The SMILES string of the molecule is CC1=NCc2cc(Nc3cc(-c4ccc5cc(C#N)cnn45)ncc3C(=O)NC[C@@H](F)C(C)(C)O)ccc21. The molecule has 0 spiro atoms. The van der Waals surface area contributed by atoms with Crippen LogP contribution < -0.4 is 10.6 Å². The second-order valence-electron chi connectivity index (χ2n) is 9.76. The molecule has 0 fully saturated rings. The summed E-state index contributed by atoms with van der Waals surface area (Å²) < 4.78 is 16.0. The molecule has 10 heteroatoms. The molecule has 1 atom stereocenters. The number of rotatable bonds is 7. The van der Waals surface area contributed by atoms with Gasteiger partial charge in [-0.2, -0.15) is 10.4 Å². The third-order valence-electron chi connectivity index (χ3n) is 6.51. The van der Waals surface area contributed by atoms with Gasteiger partial charge in [0.2, 0.25) is 0 Å². The molecule has 1 aromatic carbocycles. The van der Waals surface area contributed by atoms with E-state index < -0.39 is 17.7 Å². The van der Waals surface area contributed by atoms with Crippen molar-refractivity contribution in [3.05, 3.63) is 77.1 Å². The number of hydrogen-bond donors (Lipinski definition) is 3. The van der Waals surface area contributed by atoms with Gasteiger partial charge in [-0.05, 0) is 62.7 Å². The Kier molecular flexibility index (Phi) is 6.38. The molecule has 0 saturated carbocycles. The van der Waals surface area contributed by atoms with E-state index in [1.807, 2.05) is 37.3 Å². The van der Waals surface area contributed by atoms with E-state index in [2.05, 4.69) is 31.8 Å². The van der Waals surface area contributed by atoms with Gasteiger partial charge in [-0.15, -0.1) is 0 Å². The van der Waals surface area contributed by atoms with E-state index >= 15 is 0 Å². The Bertz CT molecular complexity index is 1630. The minimum atomic E-state index is -1.65. The van der Waals surface area contributed by atoms with E-state index in [4.69, 9.17) is 0 Å². The summed E-state index contributed by atoms with van der Waals surface area (Å²) in [6, 6.07) is 15.1. The van der Waals surface area contributed by atoms with Crippen LogP contribution in [-0.2, 0) is 6.54 Å². The van der Waals surface area contributed by atoms with Gasteiger partial charge in [0.1, 0.15) is 12.2 Å². The van der Waals surface area contributed by atoms with Crippen molar-refractivity contribution in [2.45, 2.75) is 39.1 Å². The highest BCUT2D eigenvalue weighted by atomic mass is 19.1. The minimum absolute atomic E-state index is 0.213. The van der Waals surface area contributed by atoms with Crippen LogP contribution in [-0.4, -0.2) is 49.6 Å². The number of nitrogens with one attached hydrogen (secondary N) is 2. The Labute approximate surface area is 218 Å². The predicted octanol–water partition coefficient (Wildman–Crippen LogP) is 4.17. The topological polar surface area (TPSA) is 128 Å². The fraction of sp³-hybridized carbons (Fsp3) is 0.250. The van der Waals surface area contributed by atoms with Gasteiger partial charge < -0.3 is 15.7 Å². The molecule has 0 saturated heterocycles. The molecule has 1 aliphatic heterocycles. The fourth-order valence-electron chi connectivity index (χ4n) is 4.26. The van der Waals surface area contributed by atoms with Crippen LogP contribution in [0.1, 0.15) is 47.8 Å². The number of pyridine rings is 1. The molecule has 0 aliphatic carbocycles. The van der Waals surface area contributed by atoms with Gasteiger partial charge >= 0.3 is 0 Å². The van der Waals surface area contributed by atoms with E-state index in [0.29, 0.717) is 29.2 Å². The first-order valence-corrected chi connectivity index (χ1v) is 12.1. The molecule has 4 aromatic rings. The standard InChI is InChI=1S/C28H26FN7O2/c1-16-21-6-4-19(9-18(21)13-31-16)35-23-10-24(25-7-5-20-8-17(11-30)12-34-36(20)25)32-14-22(23)27(37)33-15-26(29)28(2,3)38/h4-10,12,14,26,38H,13,15H2,1-3H3,(H,32,35)(H,33,37)/t26-/m1/s1. The first kappa shape index (κ1) is 25.0. The average molecular weight is 512 g/mol. The summed E-state index contributed by atoms with van der Waals surface area (Å²) >= 11 is 0. The first-order valence-electron chi connectivity index (χ1n) is 12.1. The number of amides is 1. The van der Waals surface area contributed by atoms with Gasteiger partial charge in [-0.25, -0.2) is 8.91 Å². The van der Waals surface area contributed by atoms with Crippen LogP contribution in [0.5, 0.6) is 0 Å². The largest absolute Gasteiger partial charge is 0.387 e. The number of nitriles is 1. The summed E-state index contributed by atoms with van der Waals surface area (Å²) in [6.07, 6.45) is 1.25. The molecule has 38 heavy (non-hydrogen) atoms. The number of carbonyl (C=O) groups excluding carboxylic acids is 1. The highest BCUT2D eigenvalue weighted by Crippen LogP contribution is 2.30. The van der Waals surface area contributed by atoms with Gasteiger partial charge in [-0.3, -0.25) is 14.8 Å². The van der Waals surface area contributed by atoms with Gasteiger partial charge in [0.25, 0.3) is 5.91 Å². The second-order valence-corrected chi connectivity index (χ2v) is 9.76. The first-order chi connectivity index (χ1) is 18.1. The van der Waals surface area contributed by atoms with Crippen LogP contribution >= 0.6 is 0 Å². The average Bonchev–Trinajstić information content (AvgIpc) is 3.49. The van der Waals surface area contributed by atoms with Crippen molar-refractivity contribution in [2.24, 2.45) is 4.99 Å². The maximum absolute atomic E-state index is 14.3. The lowest BCUT2D eigenvalue weighted by atomic mass is 10.0. The van der Waals surface area contributed by atoms with Crippen molar-refractivity contribution in [1.82, 2.24) is 19.9 Å². The van der Waals surface area contributed by atoms with Crippen molar-refractivity contribution in [2.75, 3.05) is 11.9 Å². The molecule has 9 nitrogen and oxygen atoms in total. The maximum atomic E-state index is 14.3. The molecule has 192 valence electrons. The van der Waals surface area contributed by atoms with E-state index in [1.165, 1.54) is 26.2 Å². The number of alkyl halides is 1. The molecule has 1 aliphatic rings. The lowest BCUT2D eigenvalue weighted by molar-refractivity contribution is -0.00177. The monoisotopic (exact) mass is 511 g/mol. The Morgan fingerprint density at radius 3 is 2.82 bits per heavy atom. The van der Waals surface area contributed by atoms with Crippen molar-refractivity contribution in [3.8, 4) is 17.5 Å². The number of aliphatic imine (C=N–C) groups is 1. The normalized spacial score (nSPS) is 13.5. The molecule has 3 N–H and O–H groups in total. The van der Waals surface area contributed by atoms with Crippen LogP contribution in [0.15, 0.2) is 59.9 Å². The Morgan fingerprint density at radius 2 is 2.05 bits per heavy atom. The number of carbonyl (C=O) groups is 1. The summed E-state index contributed by atoms with van der Waals surface area (Å²) in [7, 11) is 0. The number of nitrogens with zero attached hydrogens (tertiary/aromatic N) is 5. The minimum Gasteiger partial charge on any atom is -0.387 e. The zero-order valence-corrected chi connectivity index (χ0v) is 21.2. The second kappa shape index (κ2) is 9.68. The number of halogens is 1. The van der Waals surface area contributed by atoms with E-state index in [0.717, 1.165) is 28.0 Å².